The molecule has 2 fully saturated rings. The van der Waals surface area contributed by atoms with Crippen LogP contribution in [0, 0.1) is 5.92 Å². The first-order valence-corrected chi connectivity index (χ1v) is 7.72. The number of carbonyl (C=O) groups excluding carboxylic acids is 1. The fourth-order valence-electron chi connectivity index (χ4n) is 3.71. The van der Waals surface area contributed by atoms with E-state index < -0.39 is 5.97 Å². The van der Waals surface area contributed by atoms with E-state index in [4.69, 9.17) is 9.84 Å². The van der Waals surface area contributed by atoms with Gasteiger partial charge in [-0.15, -0.1) is 0 Å². The van der Waals surface area contributed by atoms with Gasteiger partial charge in [-0.05, 0) is 44.9 Å². The molecule has 1 amide bonds. The first-order chi connectivity index (χ1) is 9.61. The Kier molecular flexibility index (Phi) is 5.40. The lowest BCUT2D eigenvalue weighted by Gasteiger charge is -2.38. The zero-order chi connectivity index (χ0) is 14.5. The molecule has 2 bridgehead atoms. The van der Waals surface area contributed by atoms with Crippen LogP contribution in [0.25, 0.3) is 0 Å². The van der Waals surface area contributed by atoms with Crippen LogP contribution in [0.15, 0.2) is 0 Å². The van der Waals surface area contributed by atoms with Crippen molar-refractivity contribution in [2.45, 2.75) is 64.0 Å². The van der Waals surface area contributed by atoms with Crippen molar-refractivity contribution in [3.8, 4) is 0 Å². The van der Waals surface area contributed by atoms with Crippen LogP contribution in [0.5, 0.6) is 0 Å². The summed E-state index contributed by atoms with van der Waals surface area (Å²) in [7, 11) is 0. The molecule has 2 heterocycles. The Labute approximate surface area is 120 Å². The third-order valence-corrected chi connectivity index (χ3v) is 4.47. The Hall–Kier alpha value is -1.10. The minimum Gasteiger partial charge on any atom is -0.481 e. The predicted molar refractivity (Wildman–Crippen MR) is 74.4 cm³/mol. The fourth-order valence-corrected chi connectivity index (χ4v) is 3.71. The molecule has 5 nitrogen and oxygen atoms in total. The molecule has 5 heteroatoms. The van der Waals surface area contributed by atoms with E-state index >= 15 is 0 Å². The quantitative estimate of drug-likeness (QED) is 0.726. The van der Waals surface area contributed by atoms with Crippen molar-refractivity contribution in [2.75, 3.05) is 13.2 Å². The Morgan fingerprint density at radius 3 is 2.45 bits per heavy atom. The molecule has 0 aromatic carbocycles. The molecule has 0 aromatic rings. The van der Waals surface area contributed by atoms with Gasteiger partial charge >= 0.3 is 5.97 Å². The molecule has 114 valence electrons. The zero-order valence-corrected chi connectivity index (χ0v) is 12.2. The molecule has 20 heavy (non-hydrogen) atoms. The van der Waals surface area contributed by atoms with Gasteiger partial charge in [-0.3, -0.25) is 9.59 Å². The van der Waals surface area contributed by atoms with E-state index in [0.717, 1.165) is 32.1 Å². The second kappa shape index (κ2) is 7.07. The Balaban J connectivity index is 1.82. The van der Waals surface area contributed by atoms with Crippen LogP contribution in [-0.2, 0) is 14.3 Å². The first kappa shape index (κ1) is 15.3. The normalized spacial score (nSPS) is 28.6. The lowest BCUT2D eigenvalue weighted by atomic mass is 9.88. The van der Waals surface area contributed by atoms with Gasteiger partial charge in [0.25, 0.3) is 0 Å². The van der Waals surface area contributed by atoms with E-state index in [1.54, 1.807) is 0 Å². The maximum atomic E-state index is 12.3. The average Bonchev–Trinajstić information content (AvgIpc) is 2.66. The summed E-state index contributed by atoms with van der Waals surface area (Å²) < 4.78 is 5.27. The summed E-state index contributed by atoms with van der Waals surface area (Å²) in [6.07, 6.45) is 5.38. The number of nitrogens with zero attached hydrogens (tertiary/aromatic N) is 1. The van der Waals surface area contributed by atoms with E-state index in [2.05, 4.69) is 0 Å². The molecule has 2 rings (SSSR count). The van der Waals surface area contributed by atoms with Gasteiger partial charge in [-0.2, -0.15) is 0 Å². The van der Waals surface area contributed by atoms with Gasteiger partial charge in [-0.1, -0.05) is 0 Å². The minimum atomic E-state index is -0.717. The lowest BCUT2D eigenvalue weighted by molar-refractivity contribution is -0.140. The third-order valence-electron chi connectivity index (χ3n) is 4.47. The number of carboxylic acid groups (broad SMARTS) is 1. The van der Waals surface area contributed by atoms with Gasteiger partial charge in [0.2, 0.25) is 5.91 Å². The molecule has 0 aromatic heterocycles. The van der Waals surface area contributed by atoms with Crippen LogP contribution in [0.3, 0.4) is 0 Å². The summed E-state index contributed by atoms with van der Waals surface area (Å²) in [6, 6.07) is 0.551. The molecule has 0 radical (unpaired) electrons. The molecule has 0 spiro atoms. The number of carboxylic acids is 1. The van der Waals surface area contributed by atoms with Crippen LogP contribution in [0.2, 0.25) is 0 Å². The molecule has 0 saturated carbocycles. The van der Waals surface area contributed by atoms with Crippen molar-refractivity contribution in [3.05, 3.63) is 0 Å². The summed E-state index contributed by atoms with van der Waals surface area (Å²) in [5, 5.41) is 8.91. The molecule has 2 unspecified atom stereocenters. The molecule has 2 aliphatic heterocycles. The third kappa shape index (κ3) is 3.72. The van der Waals surface area contributed by atoms with Crippen LogP contribution >= 0.6 is 0 Å². The van der Waals surface area contributed by atoms with Crippen LogP contribution in [0.1, 0.15) is 51.9 Å². The number of ether oxygens (including phenoxy) is 1. The Morgan fingerprint density at radius 1 is 1.25 bits per heavy atom. The average molecular weight is 283 g/mol. The number of rotatable bonds is 7. The van der Waals surface area contributed by atoms with Crippen molar-refractivity contribution in [1.29, 1.82) is 0 Å². The number of piperidine rings is 1. The minimum absolute atomic E-state index is 0.228. The highest BCUT2D eigenvalue weighted by Gasteiger charge is 2.43. The van der Waals surface area contributed by atoms with Crippen molar-refractivity contribution in [1.82, 2.24) is 4.90 Å². The monoisotopic (exact) mass is 283 g/mol. The first-order valence-electron chi connectivity index (χ1n) is 7.72. The summed E-state index contributed by atoms with van der Waals surface area (Å²) in [5.74, 6) is -0.241. The summed E-state index contributed by atoms with van der Waals surface area (Å²) in [6.45, 7) is 3.29. The highest BCUT2D eigenvalue weighted by molar-refractivity contribution is 5.77. The molecule has 2 atom stereocenters. The maximum absolute atomic E-state index is 12.3. The van der Waals surface area contributed by atoms with E-state index in [0.29, 0.717) is 19.6 Å². The molecule has 2 saturated heterocycles. The Bertz CT molecular complexity index is 344. The largest absolute Gasteiger partial charge is 0.481 e. The zero-order valence-electron chi connectivity index (χ0n) is 12.2. The van der Waals surface area contributed by atoms with Crippen LogP contribution in [-0.4, -0.2) is 47.2 Å². The van der Waals surface area contributed by atoms with Crippen LogP contribution in [0.4, 0.5) is 0 Å². The van der Waals surface area contributed by atoms with Crippen molar-refractivity contribution >= 4 is 11.9 Å². The van der Waals surface area contributed by atoms with E-state index in [-0.39, 0.29) is 30.3 Å². The number of fused-ring (bicyclic) bond motifs is 2. The SMILES string of the molecule is CCOCCCC(=O)N1C2CCC1CC(CC(=O)O)C2. The summed E-state index contributed by atoms with van der Waals surface area (Å²) >= 11 is 0. The van der Waals surface area contributed by atoms with E-state index in [1.165, 1.54) is 0 Å². The molecule has 2 aliphatic rings. The van der Waals surface area contributed by atoms with Gasteiger partial charge in [0.1, 0.15) is 0 Å². The smallest absolute Gasteiger partial charge is 0.303 e. The summed E-state index contributed by atoms with van der Waals surface area (Å²) in [5.41, 5.74) is 0. The Morgan fingerprint density at radius 2 is 1.90 bits per heavy atom. The van der Waals surface area contributed by atoms with E-state index in [9.17, 15) is 9.59 Å². The second-order valence-corrected chi connectivity index (χ2v) is 5.92. The fraction of sp³-hybridized carbons (Fsp3) is 0.867. The molecule has 1 N–H and O–H groups in total. The van der Waals surface area contributed by atoms with Crippen molar-refractivity contribution in [2.24, 2.45) is 5.92 Å². The summed E-state index contributed by atoms with van der Waals surface area (Å²) in [4.78, 5) is 25.2. The van der Waals surface area contributed by atoms with Crippen LogP contribution < -0.4 is 0 Å². The van der Waals surface area contributed by atoms with Gasteiger partial charge in [-0.25, -0.2) is 0 Å². The molecular formula is C15H25NO4. The number of hydrogen-bond acceptors (Lipinski definition) is 3. The van der Waals surface area contributed by atoms with Gasteiger partial charge in [0.05, 0.1) is 0 Å². The number of amides is 1. The van der Waals surface area contributed by atoms with Gasteiger partial charge < -0.3 is 14.7 Å². The second-order valence-electron chi connectivity index (χ2n) is 5.92. The van der Waals surface area contributed by atoms with Crippen molar-refractivity contribution < 1.29 is 19.4 Å². The molecule has 0 aliphatic carbocycles. The lowest BCUT2D eigenvalue weighted by Crippen LogP contribution is -2.46. The van der Waals surface area contributed by atoms with Gasteiger partial charge in [0.15, 0.2) is 0 Å². The topological polar surface area (TPSA) is 66.8 Å². The number of carbonyl (C=O) groups is 2. The number of hydrogen-bond donors (Lipinski definition) is 1. The standard InChI is InChI=1S/C15H25NO4/c1-2-20-7-3-4-14(17)16-12-5-6-13(16)9-11(8-12)10-15(18)19/h11-13H,2-10H2,1H3,(H,18,19). The highest BCUT2D eigenvalue weighted by Crippen LogP contribution is 2.40. The van der Waals surface area contributed by atoms with Gasteiger partial charge in [0, 0.05) is 38.1 Å². The van der Waals surface area contributed by atoms with Crippen molar-refractivity contribution in [3.63, 3.8) is 0 Å². The van der Waals surface area contributed by atoms with E-state index in [1.807, 2.05) is 11.8 Å². The molecular weight excluding hydrogens is 258 g/mol. The maximum Gasteiger partial charge on any atom is 0.303 e. The highest BCUT2D eigenvalue weighted by atomic mass is 16.5. The predicted octanol–water partition coefficient (Wildman–Crippen LogP) is 2.05. The number of aliphatic carboxylic acids is 1.